The number of pyridine rings is 1. The highest BCUT2D eigenvalue weighted by Crippen LogP contribution is 2.39. The molecular weight excluding hydrogens is 449 g/mol. The van der Waals surface area contributed by atoms with Crippen LogP contribution < -0.4 is 11.1 Å². The largest absolute Gasteiger partial charge is 0.453 e. The lowest BCUT2D eigenvalue weighted by Crippen LogP contribution is -2.37. The van der Waals surface area contributed by atoms with E-state index in [1.165, 1.54) is 12.1 Å². The molecule has 0 saturated heterocycles. The van der Waals surface area contributed by atoms with Gasteiger partial charge in [0.25, 0.3) is 0 Å². The van der Waals surface area contributed by atoms with Gasteiger partial charge in [-0.25, -0.2) is 19.6 Å². The average Bonchev–Trinajstić information content (AvgIpc) is 3.16. The molecule has 0 spiro atoms. The van der Waals surface area contributed by atoms with E-state index in [0.29, 0.717) is 5.56 Å². The summed E-state index contributed by atoms with van der Waals surface area (Å²) in [7, 11) is 0. The minimum Gasteiger partial charge on any atom is -0.383 e. The number of amides is 1. The van der Waals surface area contributed by atoms with Crippen molar-refractivity contribution < 1.29 is 26.7 Å². The first-order valence-electron chi connectivity index (χ1n) is 8.85. The molecule has 0 aromatic carbocycles. The van der Waals surface area contributed by atoms with Gasteiger partial charge in [-0.3, -0.25) is 4.79 Å². The van der Waals surface area contributed by atoms with E-state index in [-0.39, 0.29) is 45.2 Å². The van der Waals surface area contributed by atoms with Gasteiger partial charge in [0.15, 0.2) is 11.5 Å². The minimum absolute atomic E-state index is 0.0130. The molecule has 0 aliphatic carbocycles. The first kappa shape index (κ1) is 21.2. The number of hydrogen-bond acceptors (Lipinski definition) is 6. The number of fused-ring (bicyclic) bond motifs is 2. The van der Waals surface area contributed by atoms with Crippen molar-refractivity contribution in [2.24, 2.45) is 0 Å². The van der Waals surface area contributed by atoms with Crippen molar-refractivity contribution in [3.63, 3.8) is 0 Å². The van der Waals surface area contributed by atoms with Crippen LogP contribution in [0.3, 0.4) is 0 Å². The number of alkyl halides is 5. The van der Waals surface area contributed by atoms with E-state index in [1.807, 2.05) is 0 Å². The standard InChI is InChI=1S/C17H13ClF5N7O/c1-6-9-11(24)26-13(27-12(9)28-15(6)31)10-7-2-3-8(18)25-14(7)30(29-10)5-4-16(19,20)17(21,22)23/h2-3,6H,4-5H2,1H3,(H3,24,26,27,28,31). The monoisotopic (exact) mass is 461 g/mol. The van der Waals surface area contributed by atoms with Crippen LogP contribution in [-0.4, -0.2) is 42.7 Å². The lowest BCUT2D eigenvalue weighted by Gasteiger charge is -2.19. The molecule has 1 aliphatic heterocycles. The van der Waals surface area contributed by atoms with Crippen LogP contribution in [0.15, 0.2) is 12.1 Å². The zero-order valence-corrected chi connectivity index (χ0v) is 16.4. The van der Waals surface area contributed by atoms with Crippen LogP contribution in [0.5, 0.6) is 0 Å². The summed E-state index contributed by atoms with van der Waals surface area (Å²) in [4.78, 5) is 24.3. The Morgan fingerprint density at radius 2 is 1.90 bits per heavy atom. The second-order valence-corrected chi connectivity index (χ2v) is 7.32. The van der Waals surface area contributed by atoms with E-state index in [4.69, 9.17) is 17.3 Å². The molecule has 0 bridgehead atoms. The van der Waals surface area contributed by atoms with Gasteiger partial charge in [0, 0.05) is 18.5 Å². The van der Waals surface area contributed by atoms with Crippen molar-refractivity contribution in [2.45, 2.75) is 37.9 Å². The van der Waals surface area contributed by atoms with Crippen molar-refractivity contribution in [2.75, 3.05) is 11.1 Å². The highest BCUT2D eigenvalue weighted by Gasteiger charge is 2.56. The number of nitrogens with two attached hydrogens (primary N) is 1. The molecule has 3 aromatic heterocycles. The molecule has 0 fully saturated rings. The maximum absolute atomic E-state index is 13.4. The van der Waals surface area contributed by atoms with Crippen LogP contribution >= 0.6 is 11.6 Å². The summed E-state index contributed by atoms with van der Waals surface area (Å²) in [6.07, 6.45) is -7.25. The fourth-order valence-electron chi connectivity index (χ4n) is 3.21. The van der Waals surface area contributed by atoms with Gasteiger partial charge >= 0.3 is 12.1 Å². The number of carbonyl (C=O) groups is 1. The number of carbonyl (C=O) groups excluding carboxylic acids is 1. The fraction of sp³-hybridized carbons (Fsp3) is 0.353. The lowest BCUT2D eigenvalue weighted by atomic mass is 10.1. The first-order chi connectivity index (χ1) is 14.4. The smallest absolute Gasteiger partial charge is 0.383 e. The van der Waals surface area contributed by atoms with Crippen LogP contribution in [0.25, 0.3) is 22.6 Å². The fourth-order valence-corrected chi connectivity index (χ4v) is 3.35. The summed E-state index contributed by atoms with van der Waals surface area (Å²) in [5.74, 6) is -5.68. The molecule has 1 unspecified atom stereocenters. The van der Waals surface area contributed by atoms with Crippen LogP contribution in [0, 0.1) is 0 Å². The van der Waals surface area contributed by atoms with Gasteiger partial charge in [-0.15, -0.1) is 0 Å². The van der Waals surface area contributed by atoms with E-state index in [2.05, 4.69) is 25.4 Å². The Balaban J connectivity index is 1.80. The predicted octanol–water partition coefficient (Wildman–Crippen LogP) is 3.77. The van der Waals surface area contributed by atoms with Crippen LogP contribution in [0.1, 0.15) is 24.8 Å². The Kier molecular flexibility index (Phi) is 4.76. The molecule has 1 atom stereocenters. The Bertz CT molecular complexity index is 1210. The number of nitrogens with zero attached hydrogens (tertiary/aromatic N) is 5. The highest BCUT2D eigenvalue weighted by molar-refractivity contribution is 6.29. The SMILES string of the molecule is CC1C(=O)Nc2nc(-c3nn(CCC(F)(F)C(F)(F)F)c4nc(Cl)ccc34)nc(N)c21. The molecule has 31 heavy (non-hydrogen) atoms. The lowest BCUT2D eigenvalue weighted by molar-refractivity contribution is -0.285. The van der Waals surface area contributed by atoms with Gasteiger partial charge < -0.3 is 11.1 Å². The number of hydrogen-bond donors (Lipinski definition) is 2. The molecule has 3 aromatic rings. The third-order valence-corrected chi connectivity index (χ3v) is 5.08. The molecule has 4 heterocycles. The summed E-state index contributed by atoms with van der Waals surface area (Å²) in [5, 5.41) is 6.90. The Labute approximate surface area is 175 Å². The molecule has 1 amide bonds. The van der Waals surface area contributed by atoms with E-state index in [0.717, 1.165) is 4.68 Å². The molecule has 4 rings (SSSR count). The van der Waals surface area contributed by atoms with Crippen molar-refractivity contribution in [3.05, 3.63) is 22.8 Å². The summed E-state index contributed by atoms with van der Waals surface area (Å²) in [6.45, 7) is 0.821. The van der Waals surface area contributed by atoms with E-state index in [1.54, 1.807) is 6.92 Å². The number of halogens is 6. The van der Waals surface area contributed by atoms with E-state index in [9.17, 15) is 26.7 Å². The quantitative estimate of drug-likeness (QED) is 0.452. The van der Waals surface area contributed by atoms with Gasteiger partial charge in [-0.2, -0.15) is 27.1 Å². The molecule has 0 radical (unpaired) electrons. The van der Waals surface area contributed by atoms with Crippen molar-refractivity contribution in [1.29, 1.82) is 0 Å². The maximum Gasteiger partial charge on any atom is 0.453 e. The van der Waals surface area contributed by atoms with Crippen LogP contribution in [-0.2, 0) is 11.3 Å². The van der Waals surface area contributed by atoms with E-state index < -0.39 is 31.0 Å². The number of nitrogens with one attached hydrogen (secondary N) is 1. The highest BCUT2D eigenvalue weighted by atomic mass is 35.5. The van der Waals surface area contributed by atoms with Crippen molar-refractivity contribution >= 4 is 40.2 Å². The number of aryl methyl sites for hydroxylation is 1. The summed E-state index contributed by atoms with van der Waals surface area (Å²) in [6, 6.07) is 2.85. The number of aromatic nitrogens is 5. The molecule has 1 aliphatic rings. The Morgan fingerprint density at radius 3 is 2.58 bits per heavy atom. The topological polar surface area (TPSA) is 112 Å². The second kappa shape index (κ2) is 6.97. The zero-order chi connectivity index (χ0) is 22.7. The zero-order valence-electron chi connectivity index (χ0n) is 15.6. The van der Waals surface area contributed by atoms with Crippen molar-refractivity contribution in [1.82, 2.24) is 24.7 Å². The number of rotatable bonds is 4. The summed E-state index contributed by atoms with van der Waals surface area (Å²) in [5.41, 5.74) is 6.38. The molecule has 3 N–H and O–H groups in total. The molecular formula is C17H13ClF5N7O. The third kappa shape index (κ3) is 3.52. The van der Waals surface area contributed by atoms with Crippen molar-refractivity contribution in [3.8, 4) is 11.5 Å². The molecule has 14 heteroatoms. The predicted molar refractivity (Wildman–Crippen MR) is 101 cm³/mol. The normalized spacial score (nSPS) is 16.6. The van der Waals surface area contributed by atoms with Gasteiger partial charge in [-0.05, 0) is 19.1 Å². The third-order valence-electron chi connectivity index (χ3n) is 4.87. The van der Waals surface area contributed by atoms with Gasteiger partial charge in [-0.1, -0.05) is 11.6 Å². The Hall–Kier alpha value is -3.09. The average molecular weight is 462 g/mol. The van der Waals surface area contributed by atoms with E-state index >= 15 is 0 Å². The summed E-state index contributed by atoms with van der Waals surface area (Å²) >= 11 is 5.86. The number of nitrogen functional groups attached to an aromatic ring is 1. The van der Waals surface area contributed by atoms with Crippen LogP contribution in [0.2, 0.25) is 5.15 Å². The first-order valence-corrected chi connectivity index (χ1v) is 9.23. The van der Waals surface area contributed by atoms with Gasteiger partial charge in [0.2, 0.25) is 5.91 Å². The van der Waals surface area contributed by atoms with Gasteiger partial charge in [0.1, 0.15) is 22.5 Å². The molecule has 8 nitrogen and oxygen atoms in total. The number of anilines is 2. The molecule has 164 valence electrons. The van der Waals surface area contributed by atoms with Crippen LogP contribution in [0.4, 0.5) is 33.6 Å². The van der Waals surface area contributed by atoms with Gasteiger partial charge in [0.05, 0.1) is 11.3 Å². The molecule has 0 saturated carbocycles. The second-order valence-electron chi connectivity index (χ2n) is 6.93. The minimum atomic E-state index is -5.70. The summed E-state index contributed by atoms with van der Waals surface area (Å²) < 4.78 is 65.3. The Morgan fingerprint density at radius 1 is 1.19 bits per heavy atom. The maximum atomic E-state index is 13.4.